The molecular weight excluding hydrogens is 380 g/mol. The Kier molecular flexibility index (Phi) is 5.57. The summed E-state index contributed by atoms with van der Waals surface area (Å²) in [5.74, 6) is -0.940. The number of ether oxygens (including phenoxy) is 1. The Hall–Kier alpha value is -3.15. The zero-order valence-corrected chi connectivity index (χ0v) is 17.3. The predicted molar refractivity (Wildman–Crippen MR) is 113 cm³/mol. The van der Waals surface area contributed by atoms with Gasteiger partial charge in [-0.2, -0.15) is 0 Å². The van der Waals surface area contributed by atoms with Gasteiger partial charge in [0.05, 0.1) is 24.3 Å². The average molecular weight is 406 g/mol. The molecule has 6 heteroatoms. The number of hydrogen-bond donors (Lipinski definition) is 1. The van der Waals surface area contributed by atoms with E-state index in [1.54, 1.807) is 41.6 Å². The molecule has 1 N–H and O–H groups in total. The molecule has 1 saturated carbocycles. The number of ketones is 1. The van der Waals surface area contributed by atoms with Crippen LogP contribution in [0.25, 0.3) is 5.76 Å². The molecule has 1 unspecified atom stereocenters. The van der Waals surface area contributed by atoms with Crippen molar-refractivity contribution in [3.8, 4) is 5.75 Å². The van der Waals surface area contributed by atoms with Crippen LogP contribution in [0.5, 0.6) is 5.75 Å². The molecule has 0 spiro atoms. The number of methoxy groups -OCH3 is 1. The first-order valence-corrected chi connectivity index (χ1v) is 10.4. The van der Waals surface area contributed by atoms with E-state index in [0.717, 1.165) is 43.2 Å². The number of aryl methyl sites for hydroxylation is 1. The first kappa shape index (κ1) is 20.1. The van der Waals surface area contributed by atoms with Crippen molar-refractivity contribution in [3.63, 3.8) is 0 Å². The van der Waals surface area contributed by atoms with E-state index in [4.69, 9.17) is 4.74 Å². The summed E-state index contributed by atoms with van der Waals surface area (Å²) in [6.07, 6.45) is 8.21. The number of likely N-dealkylation sites (tertiary alicyclic amines) is 1. The van der Waals surface area contributed by atoms with Gasteiger partial charge in [0.15, 0.2) is 0 Å². The second kappa shape index (κ2) is 8.30. The van der Waals surface area contributed by atoms with Crippen molar-refractivity contribution in [2.24, 2.45) is 0 Å². The molecule has 1 aromatic carbocycles. The molecule has 4 rings (SSSR count). The zero-order valence-electron chi connectivity index (χ0n) is 17.3. The first-order chi connectivity index (χ1) is 14.5. The summed E-state index contributed by atoms with van der Waals surface area (Å²) in [7, 11) is 1.52. The number of hydrogen-bond acceptors (Lipinski definition) is 5. The molecule has 2 aromatic rings. The Labute approximate surface area is 176 Å². The second-order valence-corrected chi connectivity index (χ2v) is 7.98. The van der Waals surface area contributed by atoms with E-state index in [1.807, 2.05) is 13.0 Å². The molecule has 0 bridgehead atoms. The van der Waals surface area contributed by atoms with Gasteiger partial charge in [0.25, 0.3) is 11.7 Å². The van der Waals surface area contributed by atoms with Crippen LogP contribution in [0, 0.1) is 6.92 Å². The minimum Gasteiger partial charge on any atom is -0.507 e. The fourth-order valence-electron chi connectivity index (χ4n) is 4.61. The number of carbonyl (C=O) groups excluding carboxylic acids is 2. The molecule has 156 valence electrons. The number of aromatic nitrogens is 1. The lowest BCUT2D eigenvalue weighted by Crippen LogP contribution is -2.40. The van der Waals surface area contributed by atoms with Gasteiger partial charge in [-0.1, -0.05) is 30.9 Å². The van der Waals surface area contributed by atoms with Crippen molar-refractivity contribution < 1.29 is 19.4 Å². The molecule has 30 heavy (non-hydrogen) atoms. The number of Topliss-reactive ketones (excluding diaryl/α,β-unsaturated/α-hetero) is 1. The van der Waals surface area contributed by atoms with E-state index in [-0.39, 0.29) is 17.4 Å². The summed E-state index contributed by atoms with van der Waals surface area (Å²) in [4.78, 5) is 32.1. The second-order valence-electron chi connectivity index (χ2n) is 7.98. The number of aliphatic hydroxyl groups excluding tert-OH is 1. The number of nitrogens with zero attached hydrogens (tertiary/aromatic N) is 2. The van der Waals surface area contributed by atoms with Crippen LogP contribution in [-0.2, 0) is 9.59 Å². The fraction of sp³-hybridized carbons (Fsp3) is 0.375. The summed E-state index contributed by atoms with van der Waals surface area (Å²) in [5, 5.41) is 11.3. The van der Waals surface area contributed by atoms with Crippen molar-refractivity contribution in [1.82, 2.24) is 9.88 Å². The Morgan fingerprint density at radius 2 is 1.80 bits per heavy atom. The molecule has 2 heterocycles. The van der Waals surface area contributed by atoms with Gasteiger partial charge in [0, 0.05) is 18.4 Å². The van der Waals surface area contributed by atoms with Gasteiger partial charge in [-0.25, -0.2) is 0 Å². The highest BCUT2D eigenvalue weighted by atomic mass is 16.5. The maximum absolute atomic E-state index is 13.2. The minimum atomic E-state index is -0.650. The highest BCUT2D eigenvalue weighted by molar-refractivity contribution is 6.46. The quantitative estimate of drug-likeness (QED) is 0.469. The van der Waals surface area contributed by atoms with Crippen LogP contribution in [0.4, 0.5) is 0 Å². The fourth-order valence-corrected chi connectivity index (χ4v) is 4.61. The van der Waals surface area contributed by atoms with Crippen molar-refractivity contribution in [1.29, 1.82) is 0 Å². The van der Waals surface area contributed by atoms with Gasteiger partial charge in [-0.05, 0) is 49.6 Å². The monoisotopic (exact) mass is 406 g/mol. The van der Waals surface area contributed by atoms with Gasteiger partial charge < -0.3 is 14.7 Å². The van der Waals surface area contributed by atoms with Gasteiger partial charge in [0.1, 0.15) is 11.5 Å². The lowest BCUT2D eigenvalue weighted by atomic mass is 9.91. The number of pyridine rings is 1. The van der Waals surface area contributed by atoms with Crippen LogP contribution < -0.4 is 4.74 Å². The standard InChI is InChI=1S/C24H26N2O4/c1-15-8-9-19(30-2)18(14-15)22(27)20-21(16-10-12-25-13-11-16)26(24(29)23(20)28)17-6-4-3-5-7-17/h8-14,17,21,27H,3-7H2,1-2H3/b22-20+. The third-order valence-corrected chi connectivity index (χ3v) is 6.08. The number of rotatable bonds is 4. The van der Waals surface area contributed by atoms with Gasteiger partial charge in [-0.3, -0.25) is 14.6 Å². The Morgan fingerprint density at radius 3 is 2.47 bits per heavy atom. The topological polar surface area (TPSA) is 79.7 Å². The highest BCUT2D eigenvalue weighted by Crippen LogP contribution is 2.43. The molecule has 1 atom stereocenters. The van der Waals surface area contributed by atoms with Crippen molar-refractivity contribution in [3.05, 3.63) is 65.0 Å². The van der Waals surface area contributed by atoms with Crippen molar-refractivity contribution >= 4 is 17.4 Å². The van der Waals surface area contributed by atoms with Crippen LogP contribution in [0.1, 0.15) is 54.8 Å². The minimum absolute atomic E-state index is 0.0157. The lowest BCUT2D eigenvalue weighted by Gasteiger charge is -2.35. The zero-order chi connectivity index (χ0) is 21.3. The third-order valence-electron chi connectivity index (χ3n) is 6.08. The SMILES string of the molecule is COc1ccc(C)cc1/C(O)=C1\C(=O)C(=O)N(C2CCCCC2)C1c1ccncc1. The molecule has 0 radical (unpaired) electrons. The maximum atomic E-state index is 13.2. The normalized spacial score (nSPS) is 21.8. The summed E-state index contributed by atoms with van der Waals surface area (Å²) in [6, 6.07) is 8.34. The molecule has 1 saturated heterocycles. The largest absolute Gasteiger partial charge is 0.507 e. The summed E-state index contributed by atoms with van der Waals surface area (Å²) < 4.78 is 5.41. The number of amides is 1. The van der Waals surface area contributed by atoms with Crippen molar-refractivity contribution in [2.45, 2.75) is 51.1 Å². The Morgan fingerprint density at radius 1 is 1.10 bits per heavy atom. The number of aliphatic hydroxyl groups is 1. The number of benzene rings is 1. The predicted octanol–water partition coefficient (Wildman–Crippen LogP) is 4.15. The molecular formula is C24H26N2O4. The van der Waals surface area contributed by atoms with Crippen molar-refractivity contribution in [2.75, 3.05) is 7.11 Å². The molecule has 1 amide bonds. The van der Waals surface area contributed by atoms with Crippen LogP contribution in [0.2, 0.25) is 0 Å². The summed E-state index contributed by atoms with van der Waals surface area (Å²) in [6.45, 7) is 1.90. The van der Waals surface area contributed by atoms with E-state index < -0.39 is 17.7 Å². The Bertz CT molecular complexity index is 994. The summed E-state index contributed by atoms with van der Waals surface area (Å²) >= 11 is 0. The van der Waals surface area contributed by atoms with Gasteiger partial charge in [-0.15, -0.1) is 0 Å². The maximum Gasteiger partial charge on any atom is 0.295 e. The molecule has 2 fully saturated rings. The van der Waals surface area contributed by atoms with Crippen LogP contribution in [-0.4, -0.2) is 39.8 Å². The van der Waals surface area contributed by atoms with E-state index >= 15 is 0 Å². The average Bonchev–Trinajstić information content (AvgIpc) is 3.05. The van der Waals surface area contributed by atoms with E-state index in [0.29, 0.717) is 11.3 Å². The lowest BCUT2D eigenvalue weighted by molar-refractivity contribution is -0.141. The molecule has 1 aliphatic heterocycles. The van der Waals surface area contributed by atoms with Crippen LogP contribution in [0.15, 0.2) is 48.3 Å². The molecule has 6 nitrogen and oxygen atoms in total. The van der Waals surface area contributed by atoms with Gasteiger partial charge in [0.2, 0.25) is 0 Å². The van der Waals surface area contributed by atoms with E-state index in [1.165, 1.54) is 7.11 Å². The van der Waals surface area contributed by atoms with E-state index in [2.05, 4.69) is 4.98 Å². The summed E-state index contributed by atoms with van der Waals surface area (Å²) in [5.41, 5.74) is 2.21. The Balaban J connectivity index is 1.91. The van der Waals surface area contributed by atoms with Crippen LogP contribution in [0.3, 0.4) is 0 Å². The number of carbonyl (C=O) groups is 2. The smallest absolute Gasteiger partial charge is 0.295 e. The van der Waals surface area contributed by atoms with Crippen LogP contribution >= 0.6 is 0 Å². The highest BCUT2D eigenvalue weighted by Gasteiger charge is 2.49. The van der Waals surface area contributed by atoms with E-state index in [9.17, 15) is 14.7 Å². The molecule has 2 aliphatic rings. The molecule has 1 aliphatic carbocycles. The molecule has 1 aromatic heterocycles. The van der Waals surface area contributed by atoms with Gasteiger partial charge >= 0.3 is 0 Å². The first-order valence-electron chi connectivity index (χ1n) is 10.4. The third kappa shape index (κ3) is 3.47.